The van der Waals surface area contributed by atoms with Gasteiger partial charge in [0, 0.05) is 16.8 Å². The van der Waals surface area contributed by atoms with Crippen LogP contribution in [-0.4, -0.2) is 32.2 Å². The van der Waals surface area contributed by atoms with E-state index in [1.54, 1.807) is 30.3 Å². The van der Waals surface area contributed by atoms with E-state index in [4.69, 9.17) is 37.4 Å². The lowest BCUT2D eigenvalue weighted by atomic mass is 10.2. The average Bonchev–Trinajstić information content (AvgIpc) is 2.68. The third kappa shape index (κ3) is 6.14. The van der Waals surface area contributed by atoms with Crippen LogP contribution in [0.2, 0.25) is 10.0 Å². The molecule has 0 fully saturated rings. The summed E-state index contributed by atoms with van der Waals surface area (Å²) in [6.07, 6.45) is 1.70. The molecule has 0 aliphatic carbocycles. The molecular formula is C21H21Cl2NO5. The highest BCUT2D eigenvalue weighted by atomic mass is 35.5. The van der Waals surface area contributed by atoms with Crippen LogP contribution in [0.15, 0.2) is 36.4 Å². The fraction of sp³-hybridized carbons (Fsp3) is 0.238. The van der Waals surface area contributed by atoms with E-state index in [2.05, 4.69) is 5.32 Å². The molecular weight excluding hydrogens is 417 g/mol. The van der Waals surface area contributed by atoms with Crippen molar-refractivity contribution in [2.75, 3.05) is 19.5 Å². The molecule has 0 aromatic heterocycles. The van der Waals surface area contributed by atoms with Crippen LogP contribution in [0.5, 0.6) is 11.5 Å². The molecule has 0 heterocycles. The van der Waals surface area contributed by atoms with Gasteiger partial charge >= 0.3 is 5.97 Å². The van der Waals surface area contributed by atoms with Crippen molar-refractivity contribution in [1.29, 1.82) is 0 Å². The summed E-state index contributed by atoms with van der Waals surface area (Å²) in [5.41, 5.74) is 2.00. The first-order valence-corrected chi connectivity index (χ1v) is 9.38. The quantitative estimate of drug-likeness (QED) is 0.492. The number of carbonyl (C=O) groups is 2. The Hall–Kier alpha value is -2.70. The van der Waals surface area contributed by atoms with Crippen molar-refractivity contribution in [3.63, 3.8) is 0 Å². The number of aryl methyl sites for hydroxylation is 1. The highest BCUT2D eigenvalue weighted by molar-refractivity contribution is 6.32. The Morgan fingerprint density at radius 1 is 1.10 bits per heavy atom. The minimum Gasteiger partial charge on any atom is -0.493 e. The molecule has 0 bridgehead atoms. The first-order chi connectivity index (χ1) is 13.7. The fourth-order valence-electron chi connectivity index (χ4n) is 2.43. The van der Waals surface area contributed by atoms with Crippen LogP contribution in [0, 0.1) is 6.92 Å². The molecule has 2 aromatic rings. The average molecular weight is 438 g/mol. The molecule has 0 aliphatic heterocycles. The summed E-state index contributed by atoms with van der Waals surface area (Å²) < 4.78 is 15.5. The number of carbonyl (C=O) groups excluding carboxylic acids is 2. The number of nitrogens with one attached hydrogen (secondary N) is 1. The summed E-state index contributed by atoms with van der Waals surface area (Å²) in [5.74, 6) is -0.319. The van der Waals surface area contributed by atoms with E-state index in [9.17, 15) is 9.59 Å². The van der Waals surface area contributed by atoms with Gasteiger partial charge < -0.3 is 19.5 Å². The molecule has 0 saturated heterocycles. The monoisotopic (exact) mass is 437 g/mol. The van der Waals surface area contributed by atoms with Crippen LogP contribution >= 0.6 is 23.2 Å². The predicted octanol–water partition coefficient (Wildman–Crippen LogP) is 4.90. The third-order valence-corrected chi connectivity index (χ3v) is 4.50. The molecule has 1 amide bonds. The lowest BCUT2D eigenvalue weighted by Gasteiger charge is -2.14. The fourth-order valence-corrected chi connectivity index (χ4v) is 2.90. The lowest BCUT2D eigenvalue weighted by Crippen LogP contribution is -2.29. The van der Waals surface area contributed by atoms with E-state index < -0.39 is 18.0 Å². The maximum absolute atomic E-state index is 12.3. The van der Waals surface area contributed by atoms with Crippen LogP contribution in [0.3, 0.4) is 0 Å². The first kappa shape index (κ1) is 22.6. The van der Waals surface area contributed by atoms with Crippen molar-refractivity contribution in [1.82, 2.24) is 0 Å². The van der Waals surface area contributed by atoms with Crippen molar-refractivity contribution in [2.24, 2.45) is 0 Å². The Labute approximate surface area is 179 Å². The number of rotatable bonds is 7. The second kappa shape index (κ2) is 10.2. The van der Waals surface area contributed by atoms with Crippen LogP contribution in [0.4, 0.5) is 5.69 Å². The standard InChI is InChI=1S/C21H21Cl2NO5/c1-12-5-7-15(22)11-17(12)24-21(26)13(2)29-19(25)8-6-14-9-16(23)20(28-4)18(10-14)27-3/h5-11,13H,1-4H3,(H,24,26)/b8-6+. The number of methoxy groups -OCH3 is 2. The number of amides is 1. The molecule has 29 heavy (non-hydrogen) atoms. The van der Waals surface area contributed by atoms with Gasteiger partial charge in [0.15, 0.2) is 17.6 Å². The highest BCUT2D eigenvalue weighted by Gasteiger charge is 2.18. The Balaban J connectivity index is 2.01. The zero-order valence-electron chi connectivity index (χ0n) is 16.4. The van der Waals surface area contributed by atoms with Gasteiger partial charge in [-0.2, -0.15) is 0 Å². The summed E-state index contributed by atoms with van der Waals surface area (Å²) in [4.78, 5) is 24.3. The molecule has 1 N–H and O–H groups in total. The Kier molecular flexibility index (Phi) is 7.93. The summed E-state index contributed by atoms with van der Waals surface area (Å²) in [6.45, 7) is 3.31. The number of esters is 1. The van der Waals surface area contributed by atoms with E-state index in [1.165, 1.54) is 33.3 Å². The van der Waals surface area contributed by atoms with Crippen molar-refractivity contribution in [3.8, 4) is 11.5 Å². The van der Waals surface area contributed by atoms with Gasteiger partial charge in [0.1, 0.15) is 0 Å². The van der Waals surface area contributed by atoms with Crippen LogP contribution in [-0.2, 0) is 14.3 Å². The third-order valence-electron chi connectivity index (χ3n) is 3.99. The molecule has 154 valence electrons. The summed E-state index contributed by atoms with van der Waals surface area (Å²) in [5, 5.41) is 3.52. The number of hydrogen-bond donors (Lipinski definition) is 1. The number of ether oxygens (including phenoxy) is 3. The minimum atomic E-state index is -1.00. The van der Waals surface area contributed by atoms with E-state index in [-0.39, 0.29) is 0 Å². The van der Waals surface area contributed by atoms with Crippen LogP contribution in [0.1, 0.15) is 18.1 Å². The SMILES string of the molecule is COc1cc(/C=C/C(=O)OC(C)C(=O)Nc2cc(Cl)ccc2C)cc(Cl)c1OC. The molecule has 0 saturated carbocycles. The molecule has 1 unspecified atom stereocenters. The molecule has 6 nitrogen and oxygen atoms in total. The van der Waals surface area contributed by atoms with E-state index in [0.29, 0.717) is 32.8 Å². The summed E-state index contributed by atoms with van der Waals surface area (Å²) in [6, 6.07) is 8.41. The summed E-state index contributed by atoms with van der Waals surface area (Å²) >= 11 is 12.1. The number of anilines is 1. The molecule has 8 heteroatoms. The van der Waals surface area contributed by atoms with Gasteiger partial charge in [-0.25, -0.2) is 4.79 Å². The van der Waals surface area contributed by atoms with Gasteiger partial charge in [-0.05, 0) is 55.3 Å². The maximum Gasteiger partial charge on any atom is 0.331 e. The van der Waals surface area contributed by atoms with Crippen molar-refractivity contribution in [2.45, 2.75) is 20.0 Å². The molecule has 2 aromatic carbocycles. The zero-order chi connectivity index (χ0) is 21.6. The second-order valence-corrected chi connectivity index (χ2v) is 6.94. The molecule has 1 atom stereocenters. The molecule has 0 spiro atoms. The summed E-state index contributed by atoms with van der Waals surface area (Å²) in [7, 11) is 2.96. The number of benzene rings is 2. The zero-order valence-corrected chi connectivity index (χ0v) is 17.9. The van der Waals surface area contributed by atoms with Gasteiger partial charge in [-0.3, -0.25) is 4.79 Å². The highest BCUT2D eigenvalue weighted by Crippen LogP contribution is 2.36. The number of halogens is 2. The van der Waals surface area contributed by atoms with Gasteiger partial charge in [-0.1, -0.05) is 29.3 Å². The molecule has 0 aliphatic rings. The maximum atomic E-state index is 12.3. The van der Waals surface area contributed by atoms with E-state index in [1.807, 2.05) is 6.92 Å². The molecule has 0 radical (unpaired) electrons. The van der Waals surface area contributed by atoms with Crippen molar-refractivity contribution < 1.29 is 23.8 Å². The van der Waals surface area contributed by atoms with Crippen molar-refractivity contribution in [3.05, 3.63) is 57.6 Å². The van der Waals surface area contributed by atoms with Crippen molar-refractivity contribution >= 4 is 46.8 Å². The number of hydrogen-bond acceptors (Lipinski definition) is 5. The van der Waals surface area contributed by atoms with Gasteiger partial charge in [0.05, 0.1) is 19.2 Å². The van der Waals surface area contributed by atoms with Crippen LogP contribution < -0.4 is 14.8 Å². The van der Waals surface area contributed by atoms with Gasteiger partial charge in [0.2, 0.25) is 0 Å². The Morgan fingerprint density at radius 3 is 2.48 bits per heavy atom. The largest absolute Gasteiger partial charge is 0.493 e. The molecule has 2 rings (SSSR count). The predicted molar refractivity (Wildman–Crippen MR) is 114 cm³/mol. The lowest BCUT2D eigenvalue weighted by molar-refractivity contribution is -0.148. The van der Waals surface area contributed by atoms with Gasteiger partial charge in [-0.15, -0.1) is 0 Å². The first-order valence-electron chi connectivity index (χ1n) is 8.62. The van der Waals surface area contributed by atoms with E-state index in [0.717, 1.165) is 5.56 Å². The smallest absolute Gasteiger partial charge is 0.331 e. The minimum absolute atomic E-state index is 0.338. The normalized spacial score (nSPS) is 11.8. The Bertz CT molecular complexity index is 943. The van der Waals surface area contributed by atoms with E-state index >= 15 is 0 Å². The second-order valence-electron chi connectivity index (χ2n) is 6.10. The van der Waals surface area contributed by atoms with Crippen LogP contribution in [0.25, 0.3) is 6.08 Å². The van der Waals surface area contributed by atoms with Gasteiger partial charge in [0.25, 0.3) is 5.91 Å². The Morgan fingerprint density at radius 2 is 1.83 bits per heavy atom. The topological polar surface area (TPSA) is 73.9 Å².